The Bertz CT molecular complexity index is 666. The Kier molecular flexibility index (Phi) is 9.05. The molecular formula is C16H24N2O10. The Hall–Kier alpha value is -2.48. The summed E-state index contributed by atoms with van der Waals surface area (Å²) in [5.74, 6) is -1.61. The first kappa shape index (κ1) is 23.6. The van der Waals surface area contributed by atoms with E-state index in [4.69, 9.17) is 30.6 Å². The minimum Gasteiger partial charge on any atom is -0.507 e. The van der Waals surface area contributed by atoms with Crippen LogP contribution in [0.2, 0.25) is 0 Å². The topological polar surface area (TPSA) is 209 Å². The number of carboxylic acid groups (broad SMARTS) is 1. The number of nitrogens with one attached hydrogen (secondary N) is 2. The van der Waals surface area contributed by atoms with Crippen molar-refractivity contribution in [3.05, 3.63) is 23.8 Å². The van der Waals surface area contributed by atoms with Gasteiger partial charge in [0.15, 0.2) is 6.29 Å². The minimum absolute atomic E-state index is 0.207. The number of aliphatic hydroxyl groups excluding tert-OH is 5. The molecule has 1 fully saturated rings. The van der Waals surface area contributed by atoms with Crippen molar-refractivity contribution in [3.8, 4) is 5.75 Å². The molecule has 1 aromatic rings. The molecule has 0 spiro atoms. The quantitative estimate of drug-likeness (QED) is 0.270. The minimum atomic E-state index is -1.57. The van der Waals surface area contributed by atoms with Crippen LogP contribution in [0.3, 0.4) is 0 Å². The maximum Gasteiger partial charge on any atom is 0.339 e. The molecule has 2 rings (SSSR count). The first-order chi connectivity index (χ1) is 13.1. The van der Waals surface area contributed by atoms with Crippen LogP contribution >= 0.6 is 0 Å². The Morgan fingerprint density at radius 1 is 1.11 bits per heavy atom. The van der Waals surface area contributed by atoms with E-state index in [-0.39, 0.29) is 11.3 Å². The smallest absolute Gasteiger partial charge is 0.339 e. The van der Waals surface area contributed by atoms with Crippen LogP contribution < -0.4 is 10.6 Å². The first-order valence-electron chi connectivity index (χ1n) is 8.22. The van der Waals surface area contributed by atoms with Crippen molar-refractivity contribution in [3.63, 3.8) is 0 Å². The second kappa shape index (κ2) is 10.8. The number of amides is 2. The number of urea groups is 1. The van der Waals surface area contributed by atoms with Crippen molar-refractivity contribution in [1.29, 1.82) is 0 Å². The third kappa shape index (κ3) is 6.30. The number of anilines is 1. The molecule has 9 N–H and O–H groups in total. The zero-order valence-electron chi connectivity index (χ0n) is 14.9. The van der Waals surface area contributed by atoms with Gasteiger partial charge in [-0.2, -0.15) is 0 Å². The van der Waals surface area contributed by atoms with E-state index in [0.717, 1.165) is 0 Å². The molecule has 1 heterocycles. The Morgan fingerprint density at radius 2 is 1.75 bits per heavy atom. The van der Waals surface area contributed by atoms with E-state index in [1.54, 1.807) is 6.92 Å². The molecule has 0 aromatic heterocycles. The Morgan fingerprint density at radius 3 is 2.25 bits per heavy atom. The van der Waals surface area contributed by atoms with Crippen LogP contribution in [-0.4, -0.2) is 91.6 Å². The second-order valence-corrected chi connectivity index (χ2v) is 5.74. The average Bonchev–Trinajstić information content (AvgIpc) is 2.63. The molecule has 5 unspecified atom stereocenters. The van der Waals surface area contributed by atoms with E-state index in [1.165, 1.54) is 18.2 Å². The summed E-state index contributed by atoms with van der Waals surface area (Å²) in [6.45, 7) is 1.72. The lowest BCUT2D eigenvalue weighted by Crippen LogP contribution is -2.58. The van der Waals surface area contributed by atoms with Gasteiger partial charge in [0.2, 0.25) is 0 Å². The normalized spacial score (nSPS) is 26.6. The van der Waals surface area contributed by atoms with Gasteiger partial charge in [-0.25, -0.2) is 9.59 Å². The number of carbonyl (C=O) groups is 2. The van der Waals surface area contributed by atoms with Gasteiger partial charge >= 0.3 is 12.0 Å². The number of aliphatic hydroxyl groups is 5. The molecule has 1 aliphatic heterocycles. The van der Waals surface area contributed by atoms with E-state index in [9.17, 15) is 14.7 Å². The van der Waals surface area contributed by atoms with Crippen LogP contribution in [0.5, 0.6) is 5.75 Å². The number of rotatable bonds is 4. The highest BCUT2D eigenvalue weighted by Gasteiger charge is 2.42. The monoisotopic (exact) mass is 404 g/mol. The summed E-state index contributed by atoms with van der Waals surface area (Å²) in [6, 6.07) is 3.39. The maximum atomic E-state index is 11.1. The van der Waals surface area contributed by atoms with Crippen LogP contribution in [0.25, 0.3) is 0 Å². The molecule has 12 heteroatoms. The summed E-state index contributed by atoms with van der Waals surface area (Å²) in [4.78, 5) is 21.7. The molecule has 1 aliphatic rings. The molecule has 12 nitrogen and oxygen atoms in total. The maximum absolute atomic E-state index is 11.1. The van der Waals surface area contributed by atoms with Gasteiger partial charge in [-0.15, -0.1) is 0 Å². The molecule has 1 aromatic carbocycles. The fourth-order valence-corrected chi connectivity index (χ4v) is 2.21. The zero-order valence-corrected chi connectivity index (χ0v) is 14.9. The van der Waals surface area contributed by atoms with Crippen LogP contribution in [0, 0.1) is 0 Å². The lowest BCUT2D eigenvalue weighted by atomic mass is 10.00. The van der Waals surface area contributed by atoms with Gasteiger partial charge in [0.25, 0.3) is 0 Å². The predicted octanol–water partition coefficient (Wildman–Crippen LogP) is -1.99. The summed E-state index contributed by atoms with van der Waals surface area (Å²) >= 11 is 0. The summed E-state index contributed by atoms with van der Waals surface area (Å²) in [6.07, 6.45) is -7.04. The van der Waals surface area contributed by atoms with Crippen molar-refractivity contribution in [1.82, 2.24) is 5.32 Å². The van der Waals surface area contributed by atoms with Gasteiger partial charge in [-0.1, -0.05) is 0 Å². The lowest BCUT2D eigenvalue weighted by Gasteiger charge is -2.37. The fourth-order valence-electron chi connectivity index (χ4n) is 2.21. The van der Waals surface area contributed by atoms with E-state index in [0.29, 0.717) is 12.2 Å². The van der Waals surface area contributed by atoms with Crippen molar-refractivity contribution in [2.24, 2.45) is 0 Å². The summed E-state index contributed by atoms with van der Waals surface area (Å²) in [5.41, 5.74) is 0.120. The van der Waals surface area contributed by atoms with Gasteiger partial charge in [-0.3, -0.25) is 0 Å². The number of phenols is 1. The van der Waals surface area contributed by atoms with Crippen molar-refractivity contribution < 1.29 is 50.1 Å². The van der Waals surface area contributed by atoms with Crippen LogP contribution in [0.15, 0.2) is 18.2 Å². The third-order valence-corrected chi connectivity index (χ3v) is 3.69. The molecule has 5 atom stereocenters. The number of carboxylic acids is 1. The third-order valence-electron chi connectivity index (χ3n) is 3.69. The fraction of sp³-hybridized carbons (Fsp3) is 0.500. The molecular weight excluding hydrogens is 380 g/mol. The van der Waals surface area contributed by atoms with E-state index in [2.05, 4.69) is 15.4 Å². The van der Waals surface area contributed by atoms with Gasteiger partial charge in [0, 0.05) is 18.3 Å². The summed E-state index contributed by atoms with van der Waals surface area (Å²) in [5, 5.41) is 67.6. The van der Waals surface area contributed by atoms with E-state index >= 15 is 0 Å². The van der Waals surface area contributed by atoms with Crippen molar-refractivity contribution >= 4 is 17.7 Å². The highest BCUT2D eigenvalue weighted by atomic mass is 16.6. The van der Waals surface area contributed by atoms with Crippen LogP contribution in [0.4, 0.5) is 10.5 Å². The number of benzene rings is 1. The molecule has 0 saturated carbocycles. The molecule has 0 bridgehead atoms. The number of ether oxygens (including phenoxy) is 1. The summed E-state index contributed by atoms with van der Waals surface area (Å²) in [7, 11) is 0. The van der Waals surface area contributed by atoms with Gasteiger partial charge in [0.05, 0.1) is 6.61 Å². The first-order valence-corrected chi connectivity index (χ1v) is 8.22. The van der Waals surface area contributed by atoms with Gasteiger partial charge in [-0.05, 0) is 19.1 Å². The van der Waals surface area contributed by atoms with Crippen molar-refractivity contribution in [2.75, 3.05) is 18.5 Å². The number of carbonyl (C=O) groups excluding carboxylic acids is 1. The SMILES string of the molecule is CCNC(=O)Nc1ccc(C(=O)O)c(O)c1.OCC1OC(O)C(O)C(O)C1O. The van der Waals surface area contributed by atoms with Gasteiger partial charge < -0.3 is 51.1 Å². The predicted molar refractivity (Wildman–Crippen MR) is 93.7 cm³/mol. The van der Waals surface area contributed by atoms with E-state index in [1.807, 2.05) is 0 Å². The number of aromatic hydroxyl groups is 1. The zero-order chi connectivity index (χ0) is 21.4. The second-order valence-electron chi connectivity index (χ2n) is 5.74. The van der Waals surface area contributed by atoms with Gasteiger partial charge in [0.1, 0.15) is 35.7 Å². The largest absolute Gasteiger partial charge is 0.507 e. The summed E-state index contributed by atoms with van der Waals surface area (Å²) < 4.78 is 4.58. The highest BCUT2D eigenvalue weighted by Crippen LogP contribution is 2.22. The molecule has 28 heavy (non-hydrogen) atoms. The molecule has 0 radical (unpaired) electrons. The number of hydrogen-bond acceptors (Lipinski definition) is 9. The molecule has 0 aliphatic carbocycles. The lowest BCUT2D eigenvalue weighted by molar-refractivity contribution is -0.286. The average molecular weight is 404 g/mol. The Balaban J connectivity index is 0.000000292. The van der Waals surface area contributed by atoms with Crippen LogP contribution in [0.1, 0.15) is 17.3 Å². The Labute approximate surface area is 159 Å². The molecule has 158 valence electrons. The van der Waals surface area contributed by atoms with Crippen LogP contribution in [-0.2, 0) is 4.74 Å². The van der Waals surface area contributed by atoms with Crippen molar-refractivity contribution in [2.45, 2.75) is 37.6 Å². The molecule has 2 amide bonds. The standard InChI is InChI=1S/C10H12N2O4.C6H12O6/c1-2-11-10(16)12-6-3-4-7(9(14)15)8(13)5-6;7-1-2-3(8)4(9)5(10)6(11)12-2/h3-5,13H,2H2,1H3,(H,14,15)(H2,11,12,16);2-11H,1H2. The highest BCUT2D eigenvalue weighted by molar-refractivity contribution is 5.93. The number of aromatic carboxylic acids is 1. The number of hydrogen-bond donors (Lipinski definition) is 9. The molecule has 1 saturated heterocycles. The van der Waals surface area contributed by atoms with E-state index < -0.39 is 49.3 Å².